The van der Waals surface area contributed by atoms with Gasteiger partial charge in [0.25, 0.3) is 0 Å². The third-order valence-electron chi connectivity index (χ3n) is 14.7. The number of fused-ring (bicyclic) bond motifs is 2. The van der Waals surface area contributed by atoms with Crippen LogP contribution < -0.4 is 21.3 Å². The molecule has 0 aliphatic heterocycles. The Morgan fingerprint density at radius 2 is 0.725 bits per heavy atom. The van der Waals surface area contributed by atoms with Crippen LogP contribution in [-0.4, -0.2) is 130 Å². The Morgan fingerprint density at radius 1 is 0.412 bits per heavy atom. The van der Waals surface area contributed by atoms with E-state index in [0.29, 0.717) is 22.3 Å². The molecule has 0 radical (unpaired) electrons. The first-order chi connectivity index (χ1) is 37.6. The number of sulfone groups is 2. The van der Waals surface area contributed by atoms with Gasteiger partial charge in [-0.3, -0.25) is 19.2 Å². The van der Waals surface area contributed by atoms with Gasteiger partial charge < -0.3 is 41.7 Å². The number of amides is 4. The minimum Gasteiger partial charge on any atom is -0.391 e. The maximum absolute atomic E-state index is 14.6. The normalized spacial score (nSPS) is 16.2. The van der Waals surface area contributed by atoms with Gasteiger partial charge in [0.1, 0.15) is 24.3 Å². The molecule has 430 valence electrons. The summed E-state index contributed by atoms with van der Waals surface area (Å²) in [5, 5.41) is 61.1. The van der Waals surface area contributed by atoms with E-state index in [9.17, 15) is 56.4 Å². The Balaban J connectivity index is 1.29. The van der Waals surface area contributed by atoms with Gasteiger partial charge in [-0.05, 0) is 125 Å². The number of benzene rings is 6. The van der Waals surface area contributed by atoms with Gasteiger partial charge in [0.05, 0.1) is 57.1 Å². The number of hydrogen-bond donors (Lipinski definition) is 8. The molecule has 4 amide bonds. The van der Waals surface area contributed by atoms with Crippen LogP contribution in [0.2, 0.25) is 0 Å². The van der Waals surface area contributed by atoms with Gasteiger partial charge in [0.15, 0.2) is 19.7 Å². The van der Waals surface area contributed by atoms with Crippen molar-refractivity contribution in [2.24, 2.45) is 11.8 Å². The molecule has 0 aliphatic carbocycles. The lowest BCUT2D eigenvalue weighted by molar-refractivity contribution is -0.135. The summed E-state index contributed by atoms with van der Waals surface area (Å²) in [6.07, 6.45) is -7.22. The van der Waals surface area contributed by atoms with Crippen LogP contribution in [-0.2, 0) is 64.5 Å². The maximum atomic E-state index is 14.6. The fraction of sp³-hybridized carbons (Fsp3) is 0.419. The molecule has 0 aliphatic rings. The van der Waals surface area contributed by atoms with E-state index < -0.39 is 125 Å². The van der Waals surface area contributed by atoms with Gasteiger partial charge >= 0.3 is 0 Å². The largest absolute Gasteiger partial charge is 0.391 e. The average molecular weight is 1140 g/mol. The third kappa shape index (κ3) is 16.3. The molecular formula is C62H78N4O12S2. The summed E-state index contributed by atoms with van der Waals surface area (Å²) in [6, 6.07) is 37.1. The Hall–Kier alpha value is -6.54. The first-order valence-corrected chi connectivity index (χ1v) is 30.3. The molecule has 10 atom stereocenters. The van der Waals surface area contributed by atoms with Gasteiger partial charge in [0.2, 0.25) is 23.6 Å². The predicted molar refractivity (Wildman–Crippen MR) is 313 cm³/mol. The molecule has 0 heterocycles. The Kier molecular flexibility index (Phi) is 21.0. The second-order valence-corrected chi connectivity index (χ2v) is 28.5. The summed E-state index contributed by atoms with van der Waals surface area (Å²) in [6.45, 7) is 11.7. The van der Waals surface area contributed by atoms with Crippen molar-refractivity contribution in [2.75, 3.05) is 11.5 Å². The van der Waals surface area contributed by atoms with Crippen LogP contribution in [0.4, 0.5) is 0 Å². The minimum atomic E-state index is -3.93. The number of hydrogen-bond acceptors (Lipinski definition) is 12. The number of carbonyl (C=O) groups is 4. The number of aliphatic hydroxyl groups excluding tert-OH is 4. The quantitative estimate of drug-likeness (QED) is 0.0361. The van der Waals surface area contributed by atoms with Crippen LogP contribution in [0, 0.1) is 11.8 Å². The molecule has 6 rings (SSSR count). The minimum absolute atomic E-state index is 0.0306. The Labute approximate surface area is 470 Å². The number of aliphatic hydroxyl groups is 4. The first kappa shape index (κ1) is 62.7. The lowest BCUT2D eigenvalue weighted by atomic mass is 9.90. The molecule has 16 nitrogen and oxygen atoms in total. The molecule has 18 heteroatoms. The first-order valence-electron chi connectivity index (χ1n) is 27.0. The molecule has 6 aromatic rings. The molecule has 8 N–H and O–H groups in total. The lowest BCUT2D eigenvalue weighted by Gasteiger charge is -2.35. The highest BCUT2D eigenvalue weighted by Crippen LogP contribution is 2.28. The smallest absolute Gasteiger partial charge is 0.245 e. The topological polar surface area (TPSA) is 266 Å². The van der Waals surface area contributed by atoms with E-state index in [-0.39, 0.29) is 25.7 Å². The molecule has 0 fully saturated rings. The molecule has 80 heavy (non-hydrogen) atoms. The summed E-state index contributed by atoms with van der Waals surface area (Å²) < 4.78 is 52.5. The SMILES string of the molecule is CC(O)[C@H](NC(=O)[C@H](Cc1cccc2ccccc12)CS(=O)(=O)C(C)(C)C)C(=O)N[C@@H](Cc1ccccc1)[C@@H](O)[C@H](O)[C@H](Cc1ccccc1)NC(=O)[C@@H](NC(=O)[C@@H](Cc1cccc2ccccc12)CS(=O)(=O)C(C)(C)C)C(C)O. The van der Waals surface area contributed by atoms with Crippen molar-refractivity contribution in [3.05, 3.63) is 168 Å². The lowest BCUT2D eigenvalue weighted by Crippen LogP contribution is -2.63. The van der Waals surface area contributed by atoms with Crippen molar-refractivity contribution in [3.63, 3.8) is 0 Å². The number of rotatable bonds is 25. The Morgan fingerprint density at radius 3 is 1.05 bits per heavy atom. The summed E-state index contributed by atoms with van der Waals surface area (Å²) in [5.41, 5.74) is 2.57. The van der Waals surface area contributed by atoms with E-state index in [1.54, 1.807) is 84.9 Å². The molecule has 0 bridgehead atoms. The zero-order valence-corrected chi connectivity index (χ0v) is 48.4. The second-order valence-electron chi connectivity index (χ2n) is 22.9. The average Bonchev–Trinajstić information content (AvgIpc) is 3.40. The molecule has 0 saturated carbocycles. The van der Waals surface area contributed by atoms with Gasteiger partial charge in [-0.2, -0.15) is 0 Å². The van der Waals surface area contributed by atoms with Crippen LogP contribution >= 0.6 is 0 Å². The fourth-order valence-electron chi connectivity index (χ4n) is 9.58. The van der Waals surface area contributed by atoms with Crippen molar-refractivity contribution >= 4 is 64.8 Å². The van der Waals surface area contributed by atoms with Crippen molar-refractivity contribution in [1.82, 2.24) is 21.3 Å². The zero-order valence-electron chi connectivity index (χ0n) is 46.7. The summed E-state index contributed by atoms with van der Waals surface area (Å²) in [5.74, 6) is -7.22. The van der Waals surface area contributed by atoms with Crippen LogP contribution in [0.25, 0.3) is 21.5 Å². The van der Waals surface area contributed by atoms with E-state index in [4.69, 9.17) is 0 Å². The number of nitrogens with one attached hydrogen (secondary N) is 4. The molecule has 2 unspecified atom stereocenters. The molecule has 0 aromatic heterocycles. The summed E-state index contributed by atoms with van der Waals surface area (Å²) in [7, 11) is -7.85. The summed E-state index contributed by atoms with van der Waals surface area (Å²) in [4.78, 5) is 58.0. The van der Waals surface area contributed by atoms with Crippen LogP contribution in [0.3, 0.4) is 0 Å². The monoisotopic (exact) mass is 1130 g/mol. The van der Waals surface area contributed by atoms with Crippen molar-refractivity contribution < 1.29 is 56.4 Å². The maximum Gasteiger partial charge on any atom is 0.245 e. The van der Waals surface area contributed by atoms with Crippen LogP contribution in [0.15, 0.2) is 146 Å². The van der Waals surface area contributed by atoms with Gasteiger partial charge in [0, 0.05) is 0 Å². The second kappa shape index (κ2) is 26.8. The van der Waals surface area contributed by atoms with Gasteiger partial charge in [-0.15, -0.1) is 0 Å². The molecular weight excluding hydrogens is 1060 g/mol. The number of carbonyl (C=O) groups excluding carboxylic acids is 4. The molecule has 0 saturated heterocycles. The van der Waals surface area contributed by atoms with E-state index in [2.05, 4.69) is 21.3 Å². The van der Waals surface area contributed by atoms with E-state index >= 15 is 0 Å². The van der Waals surface area contributed by atoms with Crippen molar-refractivity contribution in [2.45, 2.75) is 139 Å². The zero-order chi connectivity index (χ0) is 58.7. The van der Waals surface area contributed by atoms with E-state index in [1.165, 1.54) is 55.4 Å². The standard InChI is InChI=1S/C62H78N4O12S2/c1-39(67)53(65-57(71)47(37-79(75,76)61(3,4)5)35-45-29-19-27-43-25-15-17-31-49(43)45)59(73)63-51(33-41-21-11-9-12-22-41)55(69)56(70)52(34-42-23-13-10-14-24-42)64-60(74)54(40(2)68)66-58(72)48(38-80(77,78)62(6,7)8)36-46-30-20-28-44-26-16-18-32-50(44)46/h9-32,39-40,47-48,51-56,67-70H,33-38H2,1-8H3,(H,63,73)(H,64,74)(H,65,71)(H,66,72)/t39?,40?,47-,48+,51-,52-,53-,54-,55+,56+/m0/s1. The third-order valence-corrected chi connectivity index (χ3v) is 20.1. The van der Waals surface area contributed by atoms with Crippen molar-refractivity contribution in [3.8, 4) is 0 Å². The molecule has 0 spiro atoms. The Bertz CT molecular complexity index is 3080. The predicted octanol–water partition coefficient (Wildman–Crippen LogP) is 5.35. The van der Waals surface area contributed by atoms with E-state index in [0.717, 1.165) is 21.5 Å². The fourth-order valence-corrected chi connectivity index (χ4v) is 12.2. The van der Waals surface area contributed by atoms with Crippen LogP contribution in [0.1, 0.15) is 77.6 Å². The van der Waals surface area contributed by atoms with Gasteiger partial charge in [-0.1, -0.05) is 146 Å². The highest BCUT2D eigenvalue weighted by molar-refractivity contribution is 7.93. The van der Waals surface area contributed by atoms with Gasteiger partial charge in [-0.25, -0.2) is 16.8 Å². The van der Waals surface area contributed by atoms with E-state index in [1.807, 2.05) is 60.7 Å². The summed E-state index contributed by atoms with van der Waals surface area (Å²) >= 11 is 0. The van der Waals surface area contributed by atoms with Crippen LogP contribution in [0.5, 0.6) is 0 Å². The van der Waals surface area contributed by atoms with Crippen molar-refractivity contribution in [1.29, 1.82) is 0 Å². The highest BCUT2D eigenvalue weighted by atomic mass is 32.2. The molecule has 6 aromatic carbocycles. The highest BCUT2D eigenvalue weighted by Gasteiger charge is 2.41.